The van der Waals surface area contributed by atoms with Crippen LogP contribution in [0.2, 0.25) is 0 Å². The first-order valence-corrected chi connectivity index (χ1v) is 6.82. The molecule has 0 amide bonds. The Balaban J connectivity index is 1.83. The van der Waals surface area contributed by atoms with Crippen LogP contribution in [-0.2, 0) is 13.6 Å². The van der Waals surface area contributed by atoms with Crippen LogP contribution in [0.4, 0.5) is 0 Å². The first kappa shape index (κ1) is 12.5. The zero-order valence-electron chi connectivity index (χ0n) is 11.6. The van der Waals surface area contributed by atoms with E-state index in [1.165, 1.54) is 11.1 Å². The van der Waals surface area contributed by atoms with E-state index in [0.29, 0.717) is 5.75 Å². The third-order valence-electron chi connectivity index (χ3n) is 4.11. The number of hydrogen-bond acceptors (Lipinski definition) is 3. The van der Waals surface area contributed by atoms with E-state index in [4.69, 9.17) is 0 Å². The summed E-state index contributed by atoms with van der Waals surface area (Å²) in [6, 6.07) is 7.80. The summed E-state index contributed by atoms with van der Waals surface area (Å²) in [6.45, 7) is 5.53. The minimum atomic E-state index is 0.333. The van der Waals surface area contributed by atoms with Crippen molar-refractivity contribution in [3.63, 3.8) is 0 Å². The Bertz CT molecular complexity index is 582. The highest BCUT2D eigenvalue weighted by Gasteiger charge is 2.16. The minimum Gasteiger partial charge on any atom is -0.508 e. The molecule has 1 N–H and O–H groups in total. The molecule has 1 saturated heterocycles. The van der Waals surface area contributed by atoms with Crippen LogP contribution >= 0.6 is 0 Å². The second kappa shape index (κ2) is 4.87. The fourth-order valence-corrected chi connectivity index (χ4v) is 2.76. The molecule has 0 saturated carbocycles. The quantitative estimate of drug-likeness (QED) is 0.889. The number of nitrogens with zero attached hydrogens (tertiary/aromatic N) is 3. The predicted octanol–water partition coefficient (Wildman–Crippen LogP) is 1.63. The number of hydrogen-bond donors (Lipinski definition) is 1. The second-order valence-electron chi connectivity index (χ2n) is 5.52. The average Bonchev–Trinajstić information content (AvgIpc) is 2.70. The van der Waals surface area contributed by atoms with Crippen LogP contribution in [0.25, 0.3) is 10.9 Å². The van der Waals surface area contributed by atoms with Gasteiger partial charge in [0.15, 0.2) is 0 Å². The molecule has 102 valence electrons. The summed E-state index contributed by atoms with van der Waals surface area (Å²) in [5.41, 5.74) is 2.41. The Morgan fingerprint density at radius 2 is 1.79 bits per heavy atom. The Labute approximate surface area is 113 Å². The van der Waals surface area contributed by atoms with Crippen molar-refractivity contribution in [1.29, 1.82) is 0 Å². The lowest BCUT2D eigenvalue weighted by Crippen LogP contribution is -2.44. The topological polar surface area (TPSA) is 31.6 Å². The molecule has 4 nitrogen and oxygen atoms in total. The number of phenolic OH excluding ortho intramolecular Hbond substituents is 1. The molecule has 1 fully saturated rings. The van der Waals surface area contributed by atoms with Crippen LogP contribution in [0, 0.1) is 0 Å². The molecule has 2 heterocycles. The van der Waals surface area contributed by atoms with Gasteiger partial charge in [-0.3, -0.25) is 4.90 Å². The van der Waals surface area contributed by atoms with Gasteiger partial charge in [0, 0.05) is 56.9 Å². The van der Waals surface area contributed by atoms with Gasteiger partial charge in [0.25, 0.3) is 0 Å². The first-order valence-electron chi connectivity index (χ1n) is 6.82. The predicted molar refractivity (Wildman–Crippen MR) is 77.4 cm³/mol. The lowest BCUT2D eigenvalue weighted by atomic mass is 10.2. The highest BCUT2D eigenvalue weighted by Crippen LogP contribution is 2.24. The van der Waals surface area contributed by atoms with Gasteiger partial charge < -0.3 is 14.6 Å². The lowest BCUT2D eigenvalue weighted by molar-refractivity contribution is 0.146. The molecule has 4 heteroatoms. The van der Waals surface area contributed by atoms with E-state index in [-0.39, 0.29) is 0 Å². The summed E-state index contributed by atoms with van der Waals surface area (Å²) in [5.74, 6) is 0.333. The summed E-state index contributed by atoms with van der Waals surface area (Å²) < 4.78 is 2.19. The SMILES string of the molecule is CN1CCN(Cc2cc3ccc(O)cc3n2C)CC1. The molecule has 1 aliphatic heterocycles. The molecule has 3 rings (SSSR count). The number of aryl methyl sites for hydroxylation is 1. The molecule has 19 heavy (non-hydrogen) atoms. The highest BCUT2D eigenvalue weighted by atomic mass is 16.3. The summed E-state index contributed by atoms with van der Waals surface area (Å²) in [6.07, 6.45) is 0. The molecule has 0 spiro atoms. The minimum absolute atomic E-state index is 0.333. The molecule has 1 aromatic heterocycles. The molecule has 1 aliphatic rings. The molecule has 0 radical (unpaired) electrons. The average molecular weight is 259 g/mol. The Morgan fingerprint density at radius 3 is 2.53 bits per heavy atom. The van der Waals surface area contributed by atoms with E-state index in [1.54, 1.807) is 6.07 Å². The van der Waals surface area contributed by atoms with E-state index < -0.39 is 0 Å². The number of phenols is 1. The standard InChI is InChI=1S/C15H21N3O/c1-16-5-7-18(8-6-16)11-13-9-12-3-4-14(19)10-15(12)17(13)2/h3-4,9-10,19H,5-8,11H2,1-2H3. The van der Waals surface area contributed by atoms with Gasteiger partial charge in [-0.2, -0.15) is 0 Å². The molecule has 2 aromatic rings. The Hall–Kier alpha value is -1.52. The maximum Gasteiger partial charge on any atom is 0.117 e. The normalized spacial score (nSPS) is 18.2. The van der Waals surface area contributed by atoms with Crippen LogP contribution < -0.4 is 0 Å². The Kier molecular flexibility index (Phi) is 3.21. The molecular weight excluding hydrogens is 238 g/mol. The third-order valence-corrected chi connectivity index (χ3v) is 4.11. The summed E-state index contributed by atoms with van der Waals surface area (Å²) in [7, 11) is 4.25. The maximum absolute atomic E-state index is 9.59. The molecular formula is C15H21N3O. The number of fused-ring (bicyclic) bond motifs is 1. The van der Waals surface area contributed by atoms with Crippen molar-refractivity contribution in [3.8, 4) is 5.75 Å². The van der Waals surface area contributed by atoms with Crippen molar-refractivity contribution >= 4 is 10.9 Å². The van der Waals surface area contributed by atoms with Gasteiger partial charge in [0.2, 0.25) is 0 Å². The van der Waals surface area contributed by atoms with Crippen LogP contribution in [-0.4, -0.2) is 52.7 Å². The second-order valence-corrected chi connectivity index (χ2v) is 5.52. The number of benzene rings is 1. The molecule has 0 unspecified atom stereocenters. The Morgan fingerprint density at radius 1 is 1.05 bits per heavy atom. The third kappa shape index (κ3) is 2.46. The summed E-state index contributed by atoms with van der Waals surface area (Å²) in [4.78, 5) is 4.87. The van der Waals surface area contributed by atoms with E-state index in [1.807, 2.05) is 12.1 Å². The van der Waals surface area contributed by atoms with Crippen LogP contribution in [0.3, 0.4) is 0 Å². The van der Waals surface area contributed by atoms with Crippen LogP contribution in [0.5, 0.6) is 5.75 Å². The van der Waals surface area contributed by atoms with Gasteiger partial charge in [-0.05, 0) is 25.2 Å². The van der Waals surface area contributed by atoms with Gasteiger partial charge >= 0.3 is 0 Å². The monoisotopic (exact) mass is 259 g/mol. The highest BCUT2D eigenvalue weighted by molar-refractivity contribution is 5.82. The lowest BCUT2D eigenvalue weighted by Gasteiger charge is -2.32. The van der Waals surface area contributed by atoms with E-state index in [0.717, 1.165) is 38.2 Å². The van der Waals surface area contributed by atoms with E-state index in [9.17, 15) is 5.11 Å². The van der Waals surface area contributed by atoms with Crippen molar-refractivity contribution in [3.05, 3.63) is 30.0 Å². The van der Waals surface area contributed by atoms with Crippen LogP contribution in [0.15, 0.2) is 24.3 Å². The van der Waals surface area contributed by atoms with Crippen molar-refractivity contribution in [2.75, 3.05) is 33.2 Å². The zero-order chi connectivity index (χ0) is 13.4. The van der Waals surface area contributed by atoms with Crippen molar-refractivity contribution in [2.45, 2.75) is 6.54 Å². The smallest absolute Gasteiger partial charge is 0.117 e. The number of aromatic nitrogens is 1. The molecule has 1 aromatic carbocycles. The van der Waals surface area contributed by atoms with Crippen molar-refractivity contribution in [1.82, 2.24) is 14.4 Å². The molecule has 0 bridgehead atoms. The number of piperazine rings is 1. The van der Waals surface area contributed by atoms with Crippen LogP contribution in [0.1, 0.15) is 5.69 Å². The van der Waals surface area contributed by atoms with Gasteiger partial charge in [-0.15, -0.1) is 0 Å². The fraction of sp³-hybridized carbons (Fsp3) is 0.467. The van der Waals surface area contributed by atoms with Gasteiger partial charge in [-0.1, -0.05) is 0 Å². The maximum atomic E-state index is 9.59. The van der Waals surface area contributed by atoms with Gasteiger partial charge in [0.1, 0.15) is 5.75 Å². The largest absolute Gasteiger partial charge is 0.508 e. The molecule has 0 aliphatic carbocycles. The van der Waals surface area contributed by atoms with Crippen molar-refractivity contribution in [2.24, 2.45) is 7.05 Å². The van der Waals surface area contributed by atoms with Crippen molar-refractivity contribution < 1.29 is 5.11 Å². The van der Waals surface area contributed by atoms with Gasteiger partial charge in [-0.25, -0.2) is 0 Å². The number of likely N-dealkylation sites (N-methyl/N-ethyl adjacent to an activating group) is 1. The summed E-state index contributed by atoms with van der Waals surface area (Å²) in [5, 5.41) is 10.8. The summed E-state index contributed by atoms with van der Waals surface area (Å²) >= 11 is 0. The van der Waals surface area contributed by atoms with E-state index >= 15 is 0 Å². The van der Waals surface area contributed by atoms with Gasteiger partial charge in [0.05, 0.1) is 5.52 Å². The first-order chi connectivity index (χ1) is 9.13. The zero-order valence-corrected chi connectivity index (χ0v) is 11.6. The molecule has 0 atom stereocenters. The number of aromatic hydroxyl groups is 1. The fourth-order valence-electron chi connectivity index (χ4n) is 2.76. The number of rotatable bonds is 2. The van der Waals surface area contributed by atoms with E-state index in [2.05, 4.69) is 34.5 Å².